The molecule has 0 aliphatic carbocycles. The fourth-order valence-electron chi connectivity index (χ4n) is 5.13. The minimum Gasteiger partial charge on any atom is -0.326 e. The van der Waals surface area contributed by atoms with E-state index in [0.717, 1.165) is 25.4 Å². The third-order valence-corrected chi connectivity index (χ3v) is 5.69. The Balaban J connectivity index is 2.13. The van der Waals surface area contributed by atoms with Crippen molar-refractivity contribution in [2.75, 3.05) is 13.1 Å². The van der Waals surface area contributed by atoms with Crippen LogP contribution in [0.2, 0.25) is 0 Å². The first-order chi connectivity index (χ1) is 12.8. The van der Waals surface area contributed by atoms with Gasteiger partial charge in [-0.15, -0.1) is 0 Å². The van der Waals surface area contributed by atoms with Crippen molar-refractivity contribution in [3.8, 4) is 0 Å². The molecule has 0 spiro atoms. The number of nitrogens with two attached hydrogens (primary N) is 1. The molecule has 0 bridgehead atoms. The summed E-state index contributed by atoms with van der Waals surface area (Å²) in [5, 5.41) is 11.4. The zero-order valence-electron chi connectivity index (χ0n) is 20.4. The number of unbranched alkanes of at least 4 members (excludes halogenated alkanes) is 3. The first-order valence-electron chi connectivity index (χ1n) is 11.8. The van der Waals surface area contributed by atoms with Gasteiger partial charge in [-0.2, -0.15) is 0 Å². The van der Waals surface area contributed by atoms with Crippen LogP contribution < -0.4 is 21.7 Å². The third kappa shape index (κ3) is 12.4. The molecule has 1 aliphatic heterocycles. The maximum atomic E-state index is 6.24. The van der Waals surface area contributed by atoms with E-state index in [4.69, 9.17) is 5.73 Å². The number of hydrogen-bond acceptors (Lipinski definition) is 4. The molecule has 168 valence electrons. The smallest absolute Gasteiger partial charge is 0.0144 e. The Morgan fingerprint density at radius 2 is 1.50 bits per heavy atom. The maximum absolute atomic E-state index is 6.24. The molecular formula is C24H52N4. The summed E-state index contributed by atoms with van der Waals surface area (Å²) in [6.45, 7) is 20.5. The van der Waals surface area contributed by atoms with Crippen LogP contribution in [0.4, 0.5) is 0 Å². The molecule has 0 aromatic heterocycles. The van der Waals surface area contributed by atoms with Crippen LogP contribution in [-0.4, -0.2) is 41.8 Å². The van der Waals surface area contributed by atoms with E-state index in [9.17, 15) is 0 Å². The molecule has 1 atom stereocenters. The molecule has 0 aromatic rings. The van der Waals surface area contributed by atoms with Gasteiger partial charge in [0.25, 0.3) is 0 Å². The summed E-state index contributed by atoms with van der Waals surface area (Å²) < 4.78 is 0. The monoisotopic (exact) mass is 396 g/mol. The topological polar surface area (TPSA) is 62.1 Å². The lowest BCUT2D eigenvalue weighted by atomic mass is 9.79. The lowest BCUT2D eigenvalue weighted by molar-refractivity contribution is 0.146. The van der Waals surface area contributed by atoms with E-state index in [2.05, 4.69) is 71.3 Å². The van der Waals surface area contributed by atoms with Gasteiger partial charge in [0.05, 0.1) is 0 Å². The molecule has 1 rings (SSSR count). The van der Waals surface area contributed by atoms with Gasteiger partial charge in [-0.05, 0) is 99.1 Å². The predicted octanol–water partition coefficient (Wildman–Crippen LogP) is 4.58. The first kappa shape index (κ1) is 25.9. The van der Waals surface area contributed by atoms with E-state index in [-0.39, 0.29) is 16.6 Å². The highest BCUT2D eigenvalue weighted by Crippen LogP contribution is 2.28. The van der Waals surface area contributed by atoms with E-state index in [0.29, 0.717) is 12.1 Å². The van der Waals surface area contributed by atoms with Crippen molar-refractivity contribution in [1.82, 2.24) is 16.0 Å². The van der Waals surface area contributed by atoms with Gasteiger partial charge in [0.2, 0.25) is 0 Å². The van der Waals surface area contributed by atoms with Gasteiger partial charge >= 0.3 is 0 Å². The average molecular weight is 397 g/mol. The Morgan fingerprint density at radius 3 is 2.00 bits per heavy atom. The molecule has 1 aliphatic rings. The molecule has 5 N–H and O–H groups in total. The fourth-order valence-corrected chi connectivity index (χ4v) is 5.13. The highest BCUT2D eigenvalue weighted by Gasteiger charge is 2.37. The highest BCUT2D eigenvalue weighted by atomic mass is 15.1. The second-order valence-corrected chi connectivity index (χ2v) is 11.8. The lowest BCUT2D eigenvalue weighted by Crippen LogP contribution is -2.61. The number of nitrogens with one attached hydrogen (secondary N) is 3. The van der Waals surface area contributed by atoms with Crippen LogP contribution >= 0.6 is 0 Å². The summed E-state index contributed by atoms with van der Waals surface area (Å²) in [6, 6.07) is 1.19. The Labute approximate surface area is 176 Å². The molecule has 0 aromatic carbocycles. The van der Waals surface area contributed by atoms with E-state index >= 15 is 0 Å². The predicted molar refractivity (Wildman–Crippen MR) is 125 cm³/mol. The van der Waals surface area contributed by atoms with Crippen LogP contribution in [0.3, 0.4) is 0 Å². The van der Waals surface area contributed by atoms with Crippen molar-refractivity contribution in [3.63, 3.8) is 0 Å². The van der Waals surface area contributed by atoms with Crippen LogP contribution in [0, 0.1) is 5.92 Å². The summed E-state index contributed by atoms with van der Waals surface area (Å²) in [6.07, 6.45) is 9.90. The molecule has 0 amide bonds. The molecule has 4 heteroatoms. The van der Waals surface area contributed by atoms with Crippen molar-refractivity contribution in [1.29, 1.82) is 0 Å². The van der Waals surface area contributed by atoms with Gasteiger partial charge in [-0.25, -0.2) is 0 Å². The second kappa shape index (κ2) is 11.3. The van der Waals surface area contributed by atoms with Crippen LogP contribution in [-0.2, 0) is 0 Å². The lowest BCUT2D eigenvalue weighted by Gasteiger charge is -2.46. The van der Waals surface area contributed by atoms with E-state index in [1.165, 1.54) is 44.9 Å². The van der Waals surface area contributed by atoms with Crippen molar-refractivity contribution in [2.45, 2.75) is 135 Å². The second-order valence-electron chi connectivity index (χ2n) is 11.8. The molecule has 4 nitrogen and oxygen atoms in total. The molecule has 1 fully saturated rings. The summed E-state index contributed by atoms with van der Waals surface area (Å²) in [7, 11) is 0. The zero-order valence-corrected chi connectivity index (χ0v) is 20.4. The van der Waals surface area contributed by atoms with E-state index in [1.807, 2.05) is 0 Å². The number of piperidine rings is 1. The van der Waals surface area contributed by atoms with Crippen LogP contribution in [0.1, 0.15) is 107 Å². The summed E-state index contributed by atoms with van der Waals surface area (Å²) in [5.74, 6) is 0.718. The summed E-state index contributed by atoms with van der Waals surface area (Å²) in [5.41, 5.74) is 6.62. The highest BCUT2D eigenvalue weighted by molar-refractivity contribution is 4.99. The maximum Gasteiger partial charge on any atom is 0.0144 e. The molecule has 1 saturated heterocycles. The number of hydrogen-bond donors (Lipinski definition) is 4. The van der Waals surface area contributed by atoms with Gasteiger partial charge in [0.1, 0.15) is 0 Å². The molecule has 28 heavy (non-hydrogen) atoms. The zero-order chi connectivity index (χ0) is 21.4. The average Bonchev–Trinajstić information content (AvgIpc) is 2.44. The number of rotatable bonds is 13. The van der Waals surface area contributed by atoms with Crippen LogP contribution in [0.5, 0.6) is 0 Å². The standard InChI is InChI=1S/C24H52N4/c1-19(2)15-20(16-22(3,4)25)26-13-11-9-10-12-14-27-21-17-23(5,6)28-24(7,8)18-21/h19-21,26-28H,9-18,25H2,1-8H3. The quantitative estimate of drug-likeness (QED) is 0.344. The van der Waals surface area contributed by atoms with Crippen LogP contribution in [0.25, 0.3) is 0 Å². The van der Waals surface area contributed by atoms with Gasteiger partial charge in [0.15, 0.2) is 0 Å². The Bertz CT molecular complexity index is 396. The fraction of sp³-hybridized carbons (Fsp3) is 1.00. The summed E-state index contributed by atoms with van der Waals surface area (Å²) in [4.78, 5) is 0. The first-order valence-corrected chi connectivity index (χ1v) is 11.8. The molecule has 0 saturated carbocycles. The minimum atomic E-state index is -0.0873. The Hall–Kier alpha value is -0.160. The third-order valence-electron chi connectivity index (χ3n) is 5.69. The van der Waals surface area contributed by atoms with Crippen molar-refractivity contribution < 1.29 is 0 Å². The Morgan fingerprint density at radius 1 is 0.964 bits per heavy atom. The summed E-state index contributed by atoms with van der Waals surface area (Å²) >= 11 is 0. The largest absolute Gasteiger partial charge is 0.326 e. The van der Waals surface area contributed by atoms with E-state index < -0.39 is 0 Å². The molecular weight excluding hydrogens is 344 g/mol. The van der Waals surface area contributed by atoms with Gasteiger partial charge in [0, 0.05) is 28.7 Å². The van der Waals surface area contributed by atoms with Crippen molar-refractivity contribution >= 4 is 0 Å². The SMILES string of the molecule is CC(C)CC(CC(C)(C)N)NCCCCCCNC1CC(C)(C)NC(C)(C)C1. The van der Waals surface area contributed by atoms with Gasteiger partial charge in [-0.3, -0.25) is 0 Å². The molecule has 0 radical (unpaired) electrons. The van der Waals surface area contributed by atoms with E-state index in [1.54, 1.807) is 0 Å². The normalized spacial score (nSPS) is 21.2. The van der Waals surface area contributed by atoms with Crippen molar-refractivity contribution in [3.05, 3.63) is 0 Å². The van der Waals surface area contributed by atoms with Gasteiger partial charge in [-0.1, -0.05) is 26.7 Å². The Kier molecular flexibility index (Phi) is 10.4. The van der Waals surface area contributed by atoms with Crippen LogP contribution in [0.15, 0.2) is 0 Å². The minimum absolute atomic E-state index is 0.0873. The molecule has 1 heterocycles. The van der Waals surface area contributed by atoms with Gasteiger partial charge < -0.3 is 21.7 Å². The van der Waals surface area contributed by atoms with Crippen molar-refractivity contribution in [2.24, 2.45) is 11.7 Å². The molecule has 1 unspecified atom stereocenters.